The minimum absolute atomic E-state index is 0.229. The number of anilines is 1. The topological polar surface area (TPSA) is 54.2 Å². The molecule has 3 rings (SSSR count). The first-order valence-corrected chi connectivity index (χ1v) is 7.19. The van der Waals surface area contributed by atoms with Gasteiger partial charge < -0.3 is 10.6 Å². The third-order valence-electron chi connectivity index (χ3n) is 3.53. The molecule has 5 nitrogen and oxygen atoms in total. The SMILES string of the molecule is CNCCNc1cc(-c2ccccc2C)nc2c(F)cnn12. The zero-order valence-corrected chi connectivity index (χ0v) is 12.6. The van der Waals surface area contributed by atoms with Gasteiger partial charge in [-0.05, 0) is 19.5 Å². The van der Waals surface area contributed by atoms with Crippen LogP contribution in [0.2, 0.25) is 0 Å². The van der Waals surface area contributed by atoms with E-state index < -0.39 is 5.82 Å². The van der Waals surface area contributed by atoms with Crippen molar-refractivity contribution in [3.05, 3.63) is 47.9 Å². The lowest BCUT2D eigenvalue weighted by molar-refractivity contribution is 0.636. The van der Waals surface area contributed by atoms with Crippen molar-refractivity contribution in [1.82, 2.24) is 19.9 Å². The van der Waals surface area contributed by atoms with Crippen LogP contribution in [-0.4, -0.2) is 34.7 Å². The molecule has 0 radical (unpaired) electrons. The quantitative estimate of drug-likeness (QED) is 0.711. The molecule has 2 heterocycles. The van der Waals surface area contributed by atoms with Gasteiger partial charge in [0.15, 0.2) is 11.5 Å². The van der Waals surface area contributed by atoms with E-state index in [4.69, 9.17) is 0 Å². The van der Waals surface area contributed by atoms with Gasteiger partial charge in [-0.15, -0.1) is 0 Å². The molecule has 0 saturated carbocycles. The monoisotopic (exact) mass is 299 g/mol. The Morgan fingerprint density at radius 3 is 2.82 bits per heavy atom. The lowest BCUT2D eigenvalue weighted by Crippen LogP contribution is -2.19. The maximum absolute atomic E-state index is 13.9. The molecular weight excluding hydrogens is 281 g/mol. The number of benzene rings is 1. The maximum atomic E-state index is 13.9. The first kappa shape index (κ1) is 14.5. The smallest absolute Gasteiger partial charge is 0.194 e. The molecule has 2 aromatic heterocycles. The van der Waals surface area contributed by atoms with Gasteiger partial charge in [0.1, 0.15) is 5.82 Å². The summed E-state index contributed by atoms with van der Waals surface area (Å²) in [5.74, 6) is 0.300. The molecule has 0 bridgehead atoms. The molecule has 1 aromatic carbocycles. The molecule has 0 unspecified atom stereocenters. The Hall–Kier alpha value is -2.47. The zero-order chi connectivity index (χ0) is 15.5. The van der Waals surface area contributed by atoms with Crippen LogP contribution < -0.4 is 10.6 Å². The molecule has 0 fully saturated rings. The van der Waals surface area contributed by atoms with Crippen LogP contribution in [0.15, 0.2) is 36.5 Å². The van der Waals surface area contributed by atoms with Crippen LogP contribution in [-0.2, 0) is 0 Å². The molecule has 0 amide bonds. The summed E-state index contributed by atoms with van der Waals surface area (Å²) in [6.45, 7) is 3.53. The molecule has 22 heavy (non-hydrogen) atoms. The normalized spacial score (nSPS) is 11.0. The minimum atomic E-state index is -0.424. The zero-order valence-electron chi connectivity index (χ0n) is 12.6. The molecule has 0 saturated heterocycles. The second kappa shape index (κ2) is 6.11. The molecule has 114 valence electrons. The molecule has 0 atom stereocenters. The number of nitrogens with one attached hydrogen (secondary N) is 2. The van der Waals surface area contributed by atoms with E-state index in [0.29, 0.717) is 6.54 Å². The lowest BCUT2D eigenvalue weighted by Gasteiger charge is -2.11. The van der Waals surface area contributed by atoms with Gasteiger partial charge in [-0.2, -0.15) is 9.61 Å². The Kier molecular flexibility index (Phi) is 4.02. The van der Waals surface area contributed by atoms with E-state index in [1.807, 2.05) is 44.3 Å². The summed E-state index contributed by atoms with van der Waals surface area (Å²) < 4.78 is 15.4. The van der Waals surface area contributed by atoms with E-state index >= 15 is 0 Å². The van der Waals surface area contributed by atoms with Gasteiger partial charge in [-0.3, -0.25) is 0 Å². The molecule has 0 aliphatic carbocycles. The second-order valence-corrected chi connectivity index (χ2v) is 5.10. The fourth-order valence-corrected chi connectivity index (χ4v) is 2.38. The van der Waals surface area contributed by atoms with Crippen LogP contribution >= 0.6 is 0 Å². The highest BCUT2D eigenvalue weighted by Crippen LogP contribution is 2.25. The third kappa shape index (κ3) is 2.65. The lowest BCUT2D eigenvalue weighted by atomic mass is 10.1. The van der Waals surface area contributed by atoms with Crippen molar-refractivity contribution in [2.24, 2.45) is 0 Å². The summed E-state index contributed by atoms with van der Waals surface area (Å²) in [5, 5.41) is 10.4. The van der Waals surface area contributed by atoms with Crippen LogP contribution in [0, 0.1) is 12.7 Å². The maximum Gasteiger partial charge on any atom is 0.194 e. The van der Waals surface area contributed by atoms with E-state index in [0.717, 1.165) is 29.2 Å². The van der Waals surface area contributed by atoms with Crippen LogP contribution in [0.3, 0.4) is 0 Å². The number of aryl methyl sites for hydroxylation is 1. The number of fused-ring (bicyclic) bond motifs is 1. The first-order valence-electron chi connectivity index (χ1n) is 7.19. The van der Waals surface area contributed by atoms with Gasteiger partial charge in [0.05, 0.1) is 11.9 Å². The number of halogens is 1. The standard InChI is InChI=1S/C16H18FN5/c1-11-5-3-4-6-12(11)14-9-15(19-8-7-18-2)22-16(21-14)13(17)10-20-22/h3-6,9-10,18-19H,7-8H2,1-2H3. The molecule has 0 spiro atoms. The van der Waals surface area contributed by atoms with E-state index in [2.05, 4.69) is 20.7 Å². The number of hydrogen-bond acceptors (Lipinski definition) is 4. The predicted molar refractivity (Wildman–Crippen MR) is 85.5 cm³/mol. The summed E-state index contributed by atoms with van der Waals surface area (Å²) in [6, 6.07) is 9.83. The summed E-state index contributed by atoms with van der Waals surface area (Å²) in [5.41, 5.74) is 3.05. The van der Waals surface area contributed by atoms with Crippen molar-refractivity contribution in [2.45, 2.75) is 6.92 Å². The van der Waals surface area contributed by atoms with Gasteiger partial charge in [0.25, 0.3) is 0 Å². The van der Waals surface area contributed by atoms with Crippen molar-refractivity contribution in [3.63, 3.8) is 0 Å². The van der Waals surface area contributed by atoms with E-state index in [1.165, 1.54) is 10.7 Å². The number of hydrogen-bond donors (Lipinski definition) is 2. The number of nitrogens with zero attached hydrogens (tertiary/aromatic N) is 3. The van der Waals surface area contributed by atoms with Gasteiger partial charge >= 0.3 is 0 Å². The van der Waals surface area contributed by atoms with Crippen molar-refractivity contribution in [3.8, 4) is 11.3 Å². The van der Waals surface area contributed by atoms with Gasteiger partial charge in [0.2, 0.25) is 0 Å². The van der Waals surface area contributed by atoms with Gasteiger partial charge in [-0.1, -0.05) is 24.3 Å². The Morgan fingerprint density at radius 1 is 1.23 bits per heavy atom. The Bertz CT molecular complexity index is 796. The summed E-state index contributed by atoms with van der Waals surface area (Å²) >= 11 is 0. The Morgan fingerprint density at radius 2 is 2.05 bits per heavy atom. The largest absolute Gasteiger partial charge is 0.369 e. The van der Waals surface area contributed by atoms with Gasteiger partial charge in [0, 0.05) is 24.7 Å². The first-order chi connectivity index (χ1) is 10.7. The average Bonchev–Trinajstić information content (AvgIpc) is 2.90. The molecule has 0 aliphatic rings. The second-order valence-electron chi connectivity index (χ2n) is 5.10. The Labute approximate surface area is 128 Å². The molecule has 0 aliphatic heterocycles. The highest BCUT2D eigenvalue weighted by Gasteiger charge is 2.13. The van der Waals surface area contributed by atoms with E-state index in [1.54, 1.807) is 0 Å². The predicted octanol–water partition coefficient (Wildman–Crippen LogP) is 2.48. The summed E-state index contributed by atoms with van der Waals surface area (Å²) in [4.78, 5) is 4.42. The fraction of sp³-hybridized carbons (Fsp3) is 0.250. The molecular formula is C16H18FN5. The van der Waals surface area contributed by atoms with Crippen LogP contribution in [0.25, 0.3) is 16.9 Å². The van der Waals surface area contributed by atoms with Crippen LogP contribution in [0.4, 0.5) is 10.2 Å². The summed E-state index contributed by atoms with van der Waals surface area (Å²) in [6.07, 6.45) is 1.19. The van der Waals surface area contributed by atoms with Crippen molar-refractivity contribution >= 4 is 11.5 Å². The molecule has 6 heteroatoms. The Balaban J connectivity index is 2.11. The number of aromatic nitrogens is 3. The van der Waals surface area contributed by atoms with Crippen molar-refractivity contribution in [1.29, 1.82) is 0 Å². The third-order valence-corrected chi connectivity index (χ3v) is 3.53. The minimum Gasteiger partial charge on any atom is -0.369 e. The van der Waals surface area contributed by atoms with Crippen LogP contribution in [0.5, 0.6) is 0 Å². The number of rotatable bonds is 5. The van der Waals surface area contributed by atoms with Crippen LogP contribution in [0.1, 0.15) is 5.56 Å². The average molecular weight is 299 g/mol. The highest BCUT2D eigenvalue weighted by atomic mass is 19.1. The van der Waals surface area contributed by atoms with Crippen molar-refractivity contribution in [2.75, 3.05) is 25.5 Å². The van der Waals surface area contributed by atoms with E-state index in [9.17, 15) is 4.39 Å². The van der Waals surface area contributed by atoms with E-state index in [-0.39, 0.29) is 5.65 Å². The van der Waals surface area contributed by atoms with Gasteiger partial charge in [-0.25, -0.2) is 9.37 Å². The number of likely N-dealkylation sites (N-methyl/N-ethyl adjacent to an activating group) is 1. The fourth-order valence-electron chi connectivity index (χ4n) is 2.38. The molecule has 2 N–H and O–H groups in total. The highest BCUT2D eigenvalue weighted by molar-refractivity contribution is 5.69. The van der Waals surface area contributed by atoms with Crippen molar-refractivity contribution < 1.29 is 4.39 Å². The summed E-state index contributed by atoms with van der Waals surface area (Å²) in [7, 11) is 1.89. The molecule has 3 aromatic rings.